The van der Waals surface area contributed by atoms with Crippen molar-refractivity contribution < 1.29 is 0 Å². The van der Waals surface area contributed by atoms with Gasteiger partial charge in [0.25, 0.3) is 5.56 Å². The highest BCUT2D eigenvalue weighted by Gasteiger charge is 2.44. The van der Waals surface area contributed by atoms with Gasteiger partial charge in [-0.1, -0.05) is 97.4 Å². The zero-order valence-corrected chi connectivity index (χ0v) is 20.1. The molecule has 4 heteroatoms. The Labute approximate surface area is 204 Å². The Balaban J connectivity index is 1.52. The molecule has 2 aliphatic carbocycles. The quantitative estimate of drug-likeness (QED) is 0.246. The van der Waals surface area contributed by atoms with E-state index in [4.69, 9.17) is 4.98 Å². The lowest BCUT2D eigenvalue weighted by atomic mass is 9.68. The topological polar surface area (TPSA) is 34.9 Å². The highest BCUT2D eigenvalue weighted by atomic mass is 32.2. The molecule has 0 bridgehead atoms. The van der Waals surface area contributed by atoms with Crippen molar-refractivity contribution in [3.63, 3.8) is 0 Å². The summed E-state index contributed by atoms with van der Waals surface area (Å²) >= 11 is 1.68. The normalized spacial score (nSPS) is 15.8. The fourth-order valence-corrected chi connectivity index (χ4v) is 6.81. The van der Waals surface area contributed by atoms with Crippen molar-refractivity contribution in [2.24, 2.45) is 0 Å². The summed E-state index contributed by atoms with van der Waals surface area (Å²) in [6.45, 7) is 0. The van der Waals surface area contributed by atoms with Gasteiger partial charge in [0.05, 0.1) is 16.9 Å². The van der Waals surface area contributed by atoms with Crippen molar-refractivity contribution in [3.05, 3.63) is 112 Å². The first-order chi connectivity index (χ1) is 16.8. The predicted molar refractivity (Wildman–Crippen MR) is 140 cm³/mol. The van der Waals surface area contributed by atoms with Gasteiger partial charge in [-0.05, 0) is 48.9 Å². The molecule has 1 spiro atoms. The molecule has 1 heterocycles. The first-order valence-corrected chi connectivity index (χ1v) is 13.2. The van der Waals surface area contributed by atoms with Gasteiger partial charge in [-0.3, -0.25) is 9.36 Å². The van der Waals surface area contributed by atoms with E-state index in [9.17, 15) is 4.79 Å². The predicted octanol–water partition coefficient (Wildman–Crippen LogP) is 6.60. The summed E-state index contributed by atoms with van der Waals surface area (Å²) in [7, 11) is 0. The van der Waals surface area contributed by atoms with Crippen LogP contribution in [0.25, 0.3) is 16.9 Å². The van der Waals surface area contributed by atoms with Crippen LogP contribution in [-0.4, -0.2) is 15.3 Å². The summed E-state index contributed by atoms with van der Waals surface area (Å²) in [5.41, 5.74) is 6.57. The first kappa shape index (κ1) is 21.4. The summed E-state index contributed by atoms with van der Waals surface area (Å²) in [6.07, 6.45) is 6.39. The second-order valence-corrected chi connectivity index (χ2v) is 10.6. The van der Waals surface area contributed by atoms with Crippen LogP contribution in [0.4, 0.5) is 0 Å². The Hall–Kier alpha value is -3.11. The minimum Gasteiger partial charge on any atom is -0.268 e. The van der Waals surface area contributed by atoms with E-state index in [0.717, 1.165) is 59.1 Å². The lowest BCUT2D eigenvalue weighted by Gasteiger charge is -2.36. The number of benzene rings is 3. The van der Waals surface area contributed by atoms with Crippen LogP contribution in [0.3, 0.4) is 0 Å². The summed E-state index contributed by atoms with van der Waals surface area (Å²) in [5, 5.41) is 0.788. The molecule has 0 N–H and O–H groups in total. The molecule has 1 saturated carbocycles. The standard InChI is InChI=1S/C30H28N2OS/c33-28-26-27(25-16-8-7-13-23(25)21-30(26)18-9-10-19-30)31-29(32(28)24-14-5-2-6-15-24)34-20-17-22-11-3-1-4-12-22/h1-8,11-16H,9-10,17-21H2. The van der Waals surface area contributed by atoms with Crippen molar-refractivity contribution in [3.8, 4) is 16.9 Å². The Morgan fingerprint density at radius 2 is 1.53 bits per heavy atom. The second kappa shape index (κ2) is 8.92. The number of nitrogens with zero attached hydrogens (tertiary/aromatic N) is 2. The van der Waals surface area contributed by atoms with Crippen molar-refractivity contribution in [2.75, 3.05) is 5.75 Å². The number of hydrogen-bond donors (Lipinski definition) is 0. The minimum atomic E-state index is -0.0858. The van der Waals surface area contributed by atoms with Gasteiger partial charge < -0.3 is 0 Å². The number of aromatic nitrogens is 2. The van der Waals surface area contributed by atoms with E-state index >= 15 is 0 Å². The Bertz CT molecular complexity index is 1370. The Morgan fingerprint density at radius 3 is 2.29 bits per heavy atom. The third kappa shape index (κ3) is 3.70. The van der Waals surface area contributed by atoms with Crippen molar-refractivity contribution in [1.82, 2.24) is 9.55 Å². The molecule has 1 aromatic heterocycles. The maximum atomic E-state index is 14.3. The average molecular weight is 465 g/mol. The van der Waals surface area contributed by atoms with Crippen LogP contribution in [0.15, 0.2) is 94.9 Å². The van der Waals surface area contributed by atoms with Gasteiger partial charge in [0.2, 0.25) is 0 Å². The molecule has 3 aromatic carbocycles. The molecule has 6 rings (SSSR count). The van der Waals surface area contributed by atoms with E-state index in [1.165, 1.54) is 24.0 Å². The second-order valence-electron chi connectivity index (χ2n) is 9.50. The third-order valence-corrected chi connectivity index (χ3v) is 8.36. The molecule has 0 amide bonds. The van der Waals surface area contributed by atoms with Gasteiger partial charge >= 0.3 is 0 Å². The number of aryl methyl sites for hydroxylation is 1. The molecule has 34 heavy (non-hydrogen) atoms. The zero-order valence-electron chi connectivity index (χ0n) is 19.2. The largest absolute Gasteiger partial charge is 0.268 e. The van der Waals surface area contributed by atoms with Gasteiger partial charge in [0.15, 0.2) is 5.16 Å². The average Bonchev–Trinajstić information content (AvgIpc) is 3.33. The molecule has 3 nitrogen and oxygen atoms in total. The van der Waals surface area contributed by atoms with E-state index in [0.29, 0.717) is 0 Å². The molecule has 0 unspecified atom stereocenters. The van der Waals surface area contributed by atoms with Gasteiger partial charge in [-0.15, -0.1) is 0 Å². The Morgan fingerprint density at radius 1 is 0.853 bits per heavy atom. The van der Waals surface area contributed by atoms with Gasteiger partial charge in [0, 0.05) is 16.7 Å². The zero-order chi connectivity index (χ0) is 23.0. The maximum Gasteiger partial charge on any atom is 0.263 e. The number of thioether (sulfide) groups is 1. The van der Waals surface area contributed by atoms with Crippen molar-refractivity contribution >= 4 is 11.8 Å². The molecule has 1 fully saturated rings. The van der Waals surface area contributed by atoms with Crippen LogP contribution in [0.1, 0.15) is 42.4 Å². The summed E-state index contributed by atoms with van der Waals surface area (Å²) < 4.78 is 1.88. The fourth-order valence-electron chi connectivity index (χ4n) is 5.82. The van der Waals surface area contributed by atoms with Crippen LogP contribution in [0.5, 0.6) is 0 Å². The lowest BCUT2D eigenvalue weighted by Crippen LogP contribution is -2.40. The molecule has 0 radical (unpaired) electrons. The van der Waals surface area contributed by atoms with Crippen LogP contribution in [0, 0.1) is 0 Å². The number of fused-ring (bicyclic) bond motifs is 4. The van der Waals surface area contributed by atoms with Crippen LogP contribution < -0.4 is 5.56 Å². The fraction of sp³-hybridized carbons (Fsp3) is 0.267. The number of hydrogen-bond acceptors (Lipinski definition) is 3. The monoisotopic (exact) mass is 464 g/mol. The molecular formula is C30H28N2OS. The van der Waals surface area contributed by atoms with Gasteiger partial charge in [-0.2, -0.15) is 0 Å². The van der Waals surface area contributed by atoms with E-state index in [2.05, 4.69) is 48.5 Å². The summed E-state index contributed by atoms with van der Waals surface area (Å²) in [4.78, 5) is 19.6. The minimum absolute atomic E-state index is 0.0858. The van der Waals surface area contributed by atoms with Crippen LogP contribution in [0.2, 0.25) is 0 Å². The highest BCUT2D eigenvalue weighted by molar-refractivity contribution is 7.99. The van der Waals surface area contributed by atoms with Gasteiger partial charge in [-0.25, -0.2) is 4.98 Å². The van der Waals surface area contributed by atoms with E-state index in [1.54, 1.807) is 11.8 Å². The number of para-hydroxylation sites is 1. The van der Waals surface area contributed by atoms with E-state index in [1.807, 2.05) is 41.0 Å². The molecule has 0 aliphatic heterocycles. The van der Waals surface area contributed by atoms with Gasteiger partial charge in [0.1, 0.15) is 0 Å². The SMILES string of the molecule is O=c1c2c(nc(SCCc3ccccc3)n1-c1ccccc1)-c1ccccc1CC21CCCC1. The Kier molecular flexibility index (Phi) is 5.62. The summed E-state index contributed by atoms with van der Waals surface area (Å²) in [5.74, 6) is 0.870. The molecule has 170 valence electrons. The smallest absolute Gasteiger partial charge is 0.263 e. The first-order valence-electron chi connectivity index (χ1n) is 12.2. The molecule has 0 saturated heterocycles. The van der Waals surface area contributed by atoms with Crippen LogP contribution in [-0.2, 0) is 18.3 Å². The van der Waals surface area contributed by atoms with Crippen molar-refractivity contribution in [1.29, 1.82) is 0 Å². The maximum absolute atomic E-state index is 14.3. The highest BCUT2D eigenvalue weighted by Crippen LogP contribution is 2.50. The van der Waals surface area contributed by atoms with Crippen LogP contribution >= 0.6 is 11.8 Å². The van der Waals surface area contributed by atoms with E-state index < -0.39 is 0 Å². The van der Waals surface area contributed by atoms with Crippen molar-refractivity contribution in [2.45, 2.75) is 49.1 Å². The molecule has 2 aliphatic rings. The number of rotatable bonds is 5. The lowest BCUT2D eigenvalue weighted by molar-refractivity contribution is 0.422. The molecule has 4 aromatic rings. The third-order valence-electron chi connectivity index (χ3n) is 7.42. The molecule has 0 atom stereocenters. The molecular weight excluding hydrogens is 436 g/mol. The summed E-state index contributed by atoms with van der Waals surface area (Å²) in [6, 6.07) is 29.1. The van der Waals surface area contributed by atoms with E-state index in [-0.39, 0.29) is 11.0 Å².